The number of amides is 1. The minimum absolute atomic E-state index is 0.0769. The van der Waals surface area contributed by atoms with E-state index in [2.05, 4.69) is 26.7 Å². The molecule has 1 aliphatic rings. The third kappa shape index (κ3) is 2.68. The van der Waals surface area contributed by atoms with Gasteiger partial charge in [0.1, 0.15) is 0 Å². The van der Waals surface area contributed by atoms with Crippen molar-refractivity contribution in [1.82, 2.24) is 20.6 Å². The summed E-state index contributed by atoms with van der Waals surface area (Å²) in [6, 6.07) is 1.89. The highest BCUT2D eigenvalue weighted by Crippen LogP contribution is 2.13. The second kappa shape index (κ2) is 4.78. The SMILES string of the molecule is CC(C)(C#N)CNC(=O)C1Cc2nc[nH]c2CN1. The fourth-order valence-corrected chi connectivity index (χ4v) is 1.83. The summed E-state index contributed by atoms with van der Waals surface area (Å²) >= 11 is 0. The van der Waals surface area contributed by atoms with Gasteiger partial charge < -0.3 is 10.3 Å². The molecule has 0 spiro atoms. The summed E-state index contributed by atoms with van der Waals surface area (Å²) in [7, 11) is 0. The number of fused-ring (bicyclic) bond motifs is 1. The van der Waals surface area contributed by atoms with Gasteiger partial charge in [-0.15, -0.1) is 0 Å². The third-order valence-electron chi connectivity index (χ3n) is 3.05. The fourth-order valence-electron chi connectivity index (χ4n) is 1.83. The van der Waals surface area contributed by atoms with Gasteiger partial charge >= 0.3 is 0 Å². The smallest absolute Gasteiger partial charge is 0.237 e. The lowest BCUT2D eigenvalue weighted by Crippen LogP contribution is -2.49. The lowest BCUT2D eigenvalue weighted by molar-refractivity contribution is -0.123. The van der Waals surface area contributed by atoms with Gasteiger partial charge in [-0.2, -0.15) is 5.26 Å². The Hall–Kier alpha value is -1.87. The van der Waals surface area contributed by atoms with E-state index in [0.717, 1.165) is 11.4 Å². The van der Waals surface area contributed by atoms with Gasteiger partial charge in [-0.1, -0.05) is 0 Å². The van der Waals surface area contributed by atoms with E-state index < -0.39 is 5.41 Å². The van der Waals surface area contributed by atoms with Gasteiger partial charge in [-0.3, -0.25) is 10.1 Å². The monoisotopic (exact) mass is 247 g/mol. The number of rotatable bonds is 3. The topological polar surface area (TPSA) is 93.6 Å². The van der Waals surface area contributed by atoms with Gasteiger partial charge in [0.25, 0.3) is 0 Å². The van der Waals surface area contributed by atoms with Crippen LogP contribution in [-0.4, -0.2) is 28.5 Å². The Morgan fingerprint density at radius 1 is 1.72 bits per heavy atom. The second-order valence-corrected chi connectivity index (χ2v) is 5.18. The van der Waals surface area contributed by atoms with Gasteiger partial charge in [0.15, 0.2) is 0 Å². The van der Waals surface area contributed by atoms with Crippen LogP contribution in [0.1, 0.15) is 25.2 Å². The maximum Gasteiger partial charge on any atom is 0.237 e. The van der Waals surface area contributed by atoms with E-state index in [1.807, 2.05) is 0 Å². The number of H-pyrrole nitrogens is 1. The molecule has 1 aliphatic heterocycles. The van der Waals surface area contributed by atoms with Gasteiger partial charge in [0.05, 0.1) is 35.2 Å². The Kier molecular flexibility index (Phi) is 3.34. The van der Waals surface area contributed by atoms with E-state index in [9.17, 15) is 4.79 Å². The van der Waals surface area contributed by atoms with Crippen molar-refractivity contribution in [2.45, 2.75) is 32.9 Å². The van der Waals surface area contributed by atoms with Crippen LogP contribution in [0.25, 0.3) is 0 Å². The standard InChI is InChI=1S/C12H17N5O/c1-12(2,5-13)6-15-11(18)9-3-8-10(4-14-9)17-7-16-8/h7,9,14H,3-4,6H2,1-2H3,(H,15,18)(H,16,17). The molecule has 0 bridgehead atoms. The molecule has 6 heteroatoms. The van der Waals surface area contributed by atoms with E-state index in [4.69, 9.17) is 5.26 Å². The molecule has 3 N–H and O–H groups in total. The van der Waals surface area contributed by atoms with Crippen molar-refractivity contribution in [2.75, 3.05) is 6.54 Å². The normalized spacial score (nSPS) is 18.8. The van der Waals surface area contributed by atoms with Crippen molar-refractivity contribution in [1.29, 1.82) is 5.26 Å². The van der Waals surface area contributed by atoms with Crippen LogP contribution in [0.4, 0.5) is 0 Å². The zero-order valence-electron chi connectivity index (χ0n) is 10.6. The molecule has 0 fully saturated rings. The Labute approximate surface area is 106 Å². The van der Waals surface area contributed by atoms with Crippen LogP contribution in [0.2, 0.25) is 0 Å². The summed E-state index contributed by atoms with van der Waals surface area (Å²) in [6.45, 7) is 4.57. The summed E-state index contributed by atoms with van der Waals surface area (Å²) in [5.41, 5.74) is 1.44. The molecule has 0 radical (unpaired) electrons. The highest BCUT2D eigenvalue weighted by atomic mass is 16.2. The third-order valence-corrected chi connectivity index (χ3v) is 3.05. The Morgan fingerprint density at radius 3 is 3.22 bits per heavy atom. The zero-order chi connectivity index (χ0) is 13.2. The molecule has 0 aromatic carbocycles. The first-order valence-corrected chi connectivity index (χ1v) is 5.95. The van der Waals surface area contributed by atoms with E-state index in [1.165, 1.54) is 0 Å². The highest BCUT2D eigenvalue weighted by molar-refractivity contribution is 5.82. The van der Waals surface area contributed by atoms with Gasteiger partial charge in [-0.25, -0.2) is 4.98 Å². The molecule has 18 heavy (non-hydrogen) atoms. The lowest BCUT2D eigenvalue weighted by Gasteiger charge is -2.24. The molecule has 1 aromatic rings. The molecule has 1 unspecified atom stereocenters. The zero-order valence-corrected chi connectivity index (χ0v) is 10.6. The van der Waals surface area contributed by atoms with Crippen molar-refractivity contribution in [2.24, 2.45) is 5.41 Å². The maximum absolute atomic E-state index is 12.0. The van der Waals surface area contributed by atoms with Crippen LogP contribution >= 0.6 is 0 Å². The van der Waals surface area contributed by atoms with Crippen molar-refractivity contribution in [3.05, 3.63) is 17.7 Å². The van der Waals surface area contributed by atoms with E-state index in [0.29, 0.717) is 19.5 Å². The number of nitrogens with zero attached hydrogens (tertiary/aromatic N) is 2. The van der Waals surface area contributed by atoms with Crippen LogP contribution in [0.3, 0.4) is 0 Å². The number of hydrogen-bond acceptors (Lipinski definition) is 4. The Bertz CT molecular complexity index is 485. The minimum Gasteiger partial charge on any atom is -0.353 e. The van der Waals surface area contributed by atoms with Crippen LogP contribution in [-0.2, 0) is 17.8 Å². The average Bonchev–Trinajstić information content (AvgIpc) is 2.83. The van der Waals surface area contributed by atoms with Crippen molar-refractivity contribution < 1.29 is 4.79 Å². The predicted molar refractivity (Wildman–Crippen MR) is 65.3 cm³/mol. The molecule has 2 rings (SSSR count). The molecule has 1 aromatic heterocycles. The molecular formula is C12H17N5O. The van der Waals surface area contributed by atoms with Gasteiger partial charge in [0, 0.05) is 19.5 Å². The van der Waals surface area contributed by atoms with E-state index in [-0.39, 0.29) is 11.9 Å². The molecule has 0 saturated heterocycles. The molecular weight excluding hydrogens is 230 g/mol. The number of imidazole rings is 1. The number of carbonyl (C=O) groups is 1. The maximum atomic E-state index is 12.0. The molecule has 1 atom stereocenters. The number of aromatic amines is 1. The van der Waals surface area contributed by atoms with Crippen LogP contribution in [0, 0.1) is 16.7 Å². The largest absolute Gasteiger partial charge is 0.353 e. The molecule has 0 aliphatic carbocycles. The van der Waals surface area contributed by atoms with E-state index >= 15 is 0 Å². The Morgan fingerprint density at radius 2 is 2.50 bits per heavy atom. The second-order valence-electron chi connectivity index (χ2n) is 5.18. The van der Waals surface area contributed by atoms with Crippen molar-refractivity contribution >= 4 is 5.91 Å². The Balaban J connectivity index is 1.90. The van der Waals surface area contributed by atoms with Crippen molar-refractivity contribution in [3.63, 3.8) is 0 Å². The molecule has 96 valence electrons. The molecule has 6 nitrogen and oxygen atoms in total. The summed E-state index contributed by atoms with van der Waals surface area (Å²) < 4.78 is 0. The number of hydrogen-bond donors (Lipinski definition) is 3. The molecule has 1 amide bonds. The van der Waals surface area contributed by atoms with Crippen molar-refractivity contribution in [3.8, 4) is 6.07 Å². The van der Waals surface area contributed by atoms with Crippen LogP contribution in [0.5, 0.6) is 0 Å². The first-order valence-electron chi connectivity index (χ1n) is 5.95. The predicted octanol–water partition coefficient (Wildman–Crippen LogP) is 0.0900. The quantitative estimate of drug-likeness (QED) is 0.705. The molecule has 2 heterocycles. The minimum atomic E-state index is -0.540. The number of aromatic nitrogens is 2. The van der Waals surface area contributed by atoms with E-state index in [1.54, 1.807) is 20.2 Å². The first kappa shape index (κ1) is 12.6. The summed E-state index contributed by atoms with van der Waals surface area (Å²) in [5.74, 6) is -0.0769. The average molecular weight is 247 g/mol. The van der Waals surface area contributed by atoms with Gasteiger partial charge in [0.2, 0.25) is 5.91 Å². The first-order chi connectivity index (χ1) is 8.52. The number of nitriles is 1. The highest BCUT2D eigenvalue weighted by Gasteiger charge is 2.27. The fraction of sp³-hybridized carbons (Fsp3) is 0.583. The van der Waals surface area contributed by atoms with Crippen LogP contribution < -0.4 is 10.6 Å². The number of carbonyl (C=O) groups excluding carboxylic acids is 1. The number of nitrogens with one attached hydrogen (secondary N) is 3. The summed E-state index contributed by atoms with van der Waals surface area (Å²) in [4.78, 5) is 19.2. The molecule has 0 saturated carbocycles. The summed E-state index contributed by atoms with van der Waals surface area (Å²) in [5, 5.41) is 14.8. The lowest BCUT2D eigenvalue weighted by atomic mass is 9.95. The van der Waals surface area contributed by atoms with Crippen LogP contribution in [0.15, 0.2) is 6.33 Å². The summed E-state index contributed by atoms with van der Waals surface area (Å²) in [6.07, 6.45) is 2.23. The van der Waals surface area contributed by atoms with Gasteiger partial charge in [-0.05, 0) is 13.8 Å².